The van der Waals surface area contributed by atoms with Gasteiger partial charge in [-0.3, -0.25) is 4.84 Å². The van der Waals surface area contributed by atoms with Gasteiger partial charge in [-0.15, -0.1) is 0 Å². The van der Waals surface area contributed by atoms with Gasteiger partial charge in [-0.25, -0.2) is 4.79 Å². The molecule has 0 aromatic heterocycles. The third kappa shape index (κ3) is 2.32. The number of benzene rings is 1. The van der Waals surface area contributed by atoms with E-state index in [1.807, 2.05) is 35.2 Å². The highest BCUT2D eigenvalue weighted by atomic mass is 16.7. The van der Waals surface area contributed by atoms with Crippen molar-refractivity contribution in [1.29, 1.82) is 0 Å². The zero-order chi connectivity index (χ0) is 13.2. The highest BCUT2D eigenvalue weighted by Crippen LogP contribution is 2.31. The van der Waals surface area contributed by atoms with Gasteiger partial charge < -0.3 is 4.90 Å². The smallest absolute Gasteiger partial charge is 0.318 e. The zero-order valence-corrected chi connectivity index (χ0v) is 11.3. The van der Waals surface area contributed by atoms with E-state index in [1.165, 1.54) is 0 Å². The van der Waals surface area contributed by atoms with Gasteiger partial charge >= 0.3 is 6.03 Å². The van der Waals surface area contributed by atoms with Crippen LogP contribution in [-0.2, 0) is 11.4 Å². The molecule has 2 atom stereocenters. The molecule has 2 bridgehead atoms. The molecule has 0 aliphatic carbocycles. The molecule has 2 fully saturated rings. The van der Waals surface area contributed by atoms with Crippen molar-refractivity contribution < 1.29 is 9.63 Å². The van der Waals surface area contributed by atoms with Crippen LogP contribution in [0.4, 0.5) is 4.79 Å². The summed E-state index contributed by atoms with van der Waals surface area (Å²) >= 11 is 0. The van der Waals surface area contributed by atoms with E-state index in [0.717, 1.165) is 31.4 Å². The standard InChI is InChI=1S/C15H20N2O2/c1-2-13-8-9-14-10-16(13)15(18)17(14)19-11-12-6-4-3-5-7-12/h3-7,13-14H,2,8-11H2,1H3/t13-,14-/m1/s1. The van der Waals surface area contributed by atoms with Crippen LogP contribution in [0.5, 0.6) is 0 Å². The molecule has 0 radical (unpaired) electrons. The molecule has 19 heavy (non-hydrogen) atoms. The molecule has 2 amide bonds. The second kappa shape index (κ2) is 5.21. The van der Waals surface area contributed by atoms with Crippen molar-refractivity contribution in [3.63, 3.8) is 0 Å². The Bertz CT molecular complexity index is 449. The summed E-state index contributed by atoms with van der Waals surface area (Å²) in [5, 5.41) is 1.60. The van der Waals surface area contributed by atoms with Crippen LogP contribution in [0.3, 0.4) is 0 Å². The summed E-state index contributed by atoms with van der Waals surface area (Å²) in [7, 11) is 0. The molecule has 2 saturated heterocycles. The number of hydrogen-bond donors (Lipinski definition) is 0. The number of fused-ring (bicyclic) bond motifs is 2. The van der Waals surface area contributed by atoms with Crippen LogP contribution < -0.4 is 0 Å². The van der Waals surface area contributed by atoms with E-state index in [9.17, 15) is 4.79 Å². The summed E-state index contributed by atoms with van der Waals surface area (Å²) < 4.78 is 0. The van der Waals surface area contributed by atoms with Gasteiger partial charge in [-0.1, -0.05) is 37.3 Å². The molecule has 1 aromatic carbocycles. The number of urea groups is 1. The maximum absolute atomic E-state index is 12.3. The van der Waals surface area contributed by atoms with Crippen molar-refractivity contribution in [2.45, 2.75) is 44.9 Å². The molecule has 0 N–H and O–H groups in total. The molecule has 0 saturated carbocycles. The van der Waals surface area contributed by atoms with Gasteiger partial charge in [0.1, 0.15) is 6.61 Å². The number of carbonyl (C=O) groups excluding carboxylic acids is 1. The minimum absolute atomic E-state index is 0.0466. The van der Waals surface area contributed by atoms with Gasteiger partial charge in [-0.05, 0) is 24.8 Å². The lowest BCUT2D eigenvalue weighted by Crippen LogP contribution is -2.39. The average molecular weight is 260 g/mol. The van der Waals surface area contributed by atoms with Gasteiger partial charge in [0.2, 0.25) is 0 Å². The second-order valence-electron chi connectivity index (χ2n) is 5.31. The summed E-state index contributed by atoms with van der Waals surface area (Å²) in [6.07, 6.45) is 3.18. The van der Waals surface area contributed by atoms with Crippen LogP contribution >= 0.6 is 0 Å². The fourth-order valence-corrected chi connectivity index (χ4v) is 3.02. The van der Waals surface area contributed by atoms with Gasteiger partial charge in [0.05, 0.1) is 6.04 Å². The van der Waals surface area contributed by atoms with Gasteiger partial charge in [0.25, 0.3) is 0 Å². The maximum atomic E-state index is 12.3. The first kappa shape index (κ1) is 12.5. The Morgan fingerprint density at radius 1 is 1.26 bits per heavy atom. The SMILES string of the molecule is CC[C@@H]1CC[C@@H]2CN1C(=O)N2OCc1ccccc1. The molecule has 2 aliphatic rings. The predicted molar refractivity (Wildman–Crippen MR) is 72.3 cm³/mol. The molecule has 0 spiro atoms. The summed E-state index contributed by atoms with van der Waals surface area (Å²) in [6, 6.07) is 10.7. The monoisotopic (exact) mass is 260 g/mol. The van der Waals surface area contributed by atoms with E-state index in [-0.39, 0.29) is 12.1 Å². The zero-order valence-electron chi connectivity index (χ0n) is 11.3. The van der Waals surface area contributed by atoms with Gasteiger partial charge in [0, 0.05) is 12.6 Å². The summed E-state index contributed by atoms with van der Waals surface area (Å²) in [5.41, 5.74) is 1.10. The van der Waals surface area contributed by atoms with Crippen LogP contribution in [0.1, 0.15) is 31.7 Å². The molecule has 2 heterocycles. The lowest BCUT2D eigenvalue weighted by atomic mass is 9.99. The first-order valence-electron chi connectivity index (χ1n) is 7.06. The minimum atomic E-state index is 0.0466. The van der Waals surface area contributed by atoms with E-state index in [2.05, 4.69) is 6.92 Å². The van der Waals surface area contributed by atoms with E-state index < -0.39 is 0 Å². The fourth-order valence-electron chi connectivity index (χ4n) is 3.02. The first-order chi connectivity index (χ1) is 9.29. The number of nitrogens with zero attached hydrogens (tertiary/aromatic N) is 2. The normalized spacial score (nSPS) is 26.1. The fraction of sp³-hybridized carbons (Fsp3) is 0.533. The largest absolute Gasteiger partial charge is 0.344 e. The molecule has 0 unspecified atom stereocenters. The molecule has 4 heteroatoms. The first-order valence-corrected chi connectivity index (χ1v) is 7.06. The van der Waals surface area contributed by atoms with Crippen LogP contribution in [0, 0.1) is 0 Å². The Morgan fingerprint density at radius 2 is 2.05 bits per heavy atom. The molecule has 102 valence electrons. The van der Waals surface area contributed by atoms with Gasteiger partial charge in [0.15, 0.2) is 0 Å². The third-order valence-corrected chi connectivity index (χ3v) is 4.13. The Balaban J connectivity index is 1.64. The van der Waals surface area contributed by atoms with Crippen LogP contribution in [0.2, 0.25) is 0 Å². The van der Waals surface area contributed by atoms with Crippen molar-refractivity contribution in [2.75, 3.05) is 6.54 Å². The van der Waals surface area contributed by atoms with Crippen LogP contribution in [-0.4, -0.2) is 34.6 Å². The molecule has 4 nitrogen and oxygen atoms in total. The Hall–Kier alpha value is -1.55. The van der Waals surface area contributed by atoms with E-state index in [1.54, 1.807) is 5.06 Å². The number of rotatable bonds is 4. The predicted octanol–water partition coefficient (Wildman–Crippen LogP) is 2.80. The van der Waals surface area contributed by atoms with Crippen molar-refractivity contribution in [2.24, 2.45) is 0 Å². The lowest BCUT2D eigenvalue weighted by molar-refractivity contribution is -0.140. The number of amides is 2. The Labute approximate surface area is 113 Å². The highest BCUT2D eigenvalue weighted by molar-refractivity contribution is 5.76. The minimum Gasteiger partial charge on any atom is -0.318 e. The summed E-state index contributed by atoms with van der Waals surface area (Å²) in [5.74, 6) is 0. The highest BCUT2D eigenvalue weighted by Gasteiger charge is 2.44. The number of hydroxylamine groups is 2. The molecule has 1 aromatic rings. The lowest BCUT2D eigenvalue weighted by Gasteiger charge is -2.29. The third-order valence-electron chi connectivity index (χ3n) is 4.13. The molecular weight excluding hydrogens is 240 g/mol. The number of carbonyl (C=O) groups is 1. The Kier molecular flexibility index (Phi) is 3.42. The van der Waals surface area contributed by atoms with Crippen molar-refractivity contribution >= 4 is 6.03 Å². The summed E-state index contributed by atoms with van der Waals surface area (Å²) in [6.45, 7) is 3.44. The van der Waals surface area contributed by atoms with E-state index in [0.29, 0.717) is 12.6 Å². The van der Waals surface area contributed by atoms with Crippen LogP contribution in [0.25, 0.3) is 0 Å². The topological polar surface area (TPSA) is 32.8 Å². The maximum Gasteiger partial charge on any atom is 0.344 e. The number of piperidine rings is 1. The van der Waals surface area contributed by atoms with Crippen molar-refractivity contribution in [3.8, 4) is 0 Å². The van der Waals surface area contributed by atoms with Crippen molar-refractivity contribution in [3.05, 3.63) is 35.9 Å². The quantitative estimate of drug-likeness (QED) is 0.834. The molecule has 2 aliphatic heterocycles. The van der Waals surface area contributed by atoms with Crippen LogP contribution in [0.15, 0.2) is 30.3 Å². The summed E-state index contributed by atoms with van der Waals surface area (Å²) in [4.78, 5) is 20.0. The molecular formula is C15H20N2O2. The number of hydrogen-bond acceptors (Lipinski definition) is 2. The van der Waals surface area contributed by atoms with Crippen molar-refractivity contribution in [1.82, 2.24) is 9.96 Å². The van der Waals surface area contributed by atoms with E-state index in [4.69, 9.17) is 4.84 Å². The van der Waals surface area contributed by atoms with E-state index >= 15 is 0 Å². The second-order valence-corrected chi connectivity index (χ2v) is 5.31. The van der Waals surface area contributed by atoms with Gasteiger partial charge in [-0.2, -0.15) is 5.06 Å². The molecule has 3 rings (SSSR count). The average Bonchev–Trinajstić information content (AvgIpc) is 2.71. The Morgan fingerprint density at radius 3 is 2.79 bits per heavy atom.